The van der Waals surface area contributed by atoms with E-state index in [0.29, 0.717) is 18.1 Å². The number of carbonyl (C=O) groups excluding carboxylic acids is 1. The fourth-order valence-corrected chi connectivity index (χ4v) is 5.41. The van der Waals surface area contributed by atoms with Crippen LogP contribution in [0.4, 0.5) is 0 Å². The predicted octanol–water partition coefficient (Wildman–Crippen LogP) is 7.36. The van der Waals surface area contributed by atoms with Crippen molar-refractivity contribution in [3.05, 3.63) is 64.9 Å². The topological polar surface area (TPSA) is 68.9 Å². The molecular formula is C31H40O5. The lowest BCUT2D eigenvalue weighted by molar-refractivity contribution is -0.0691. The van der Waals surface area contributed by atoms with E-state index >= 15 is 0 Å². The van der Waals surface area contributed by atoms with Crippen LogP contribution in [0.3, 0.4) is 0 Å². The minimum Gasteiger partial charge on any atom is -0.487 e. The van der Waals surface area contributed by atoms with Gasteiger partial charge in [-0.3, -0.25) is 0 Å². The summed E-state index contributed by atoms with van der Waals surface area (Å²) in [6, 6.07) is 14.4. The number of benzene rings is 2. The number of aliphatic hydroxyl groups excluding tert-OH is 1. The summed E-state index contributed by atoms with van der Waals surface area (Å²) in [7, 11) is 0. The molecule has 5 heteroatoms. The molecule has 0 bridgehead atoms. The summed E-state index contributed by atoms with van der Waals surface area (Å²) >= 11 is 0. The fourth-order valence-electron chi connectivity index (χ4n) is 5.41. The summed E-state index contributed by atoms with van der Waals surface area (Å²) in [5, 5.41) is 11.7. The maximum absolute atomic E-state index is 12.0. The van der Waals surface area contributed by atoms with E-state index in [1.807, 2.05) is 6.07 Å². The lowest BCUT2D eigenvalue weighted by Crippen LogP contribution is -2.46. The lowest BCUT2D eigenvalue weighted by Gasteiger charge is -2.40. The van der Waals surface area contributed by atoms with E-state index in [4.69, 9.17) is 13.9 Å². The molecule has 1 aromatic heterocycles. The van der Waals surface area contributed by atoms with Crippen molar-refractivity contribution in [2.24, 2.45) is 5.41 Å². The maximum Gasteiger partial charge on any atom is 0.374 e. The van der Waals surface area contributed by atoms with Gasteiger partial charge in [-0.2, -0.15) is 0 Å². The van der Waals surface area contributed by atoms with E-state index < -0.39 is 12.1 Å². The Morgan fingerprint density at radius 1 is 1.17 bits per heavy atom. The smallest absolute Gasteiger partial charge is 0.374 e. The summed E-state index contributed by atoms with van der Waals surface area (Å²) in [6.07, 6.45) is 5.43. The lowest BCUT2D eigenvalue weighted by atomic mass is 9.73. The minimum atomic E-state index is -0.449. The number of furan rings is 1. The fraction of sp³-hybridized carbons (Fsp3) is 0.516. The van der Waals surface area contributed by atoms with E-state index in [9.17, 15) is 9.90 Å². The molecular weight excluding hydrogens is 452 g/mol. The first-order valence-electron chi connectivity index (χ1n) is 13.4. The Hall–Kier alpha value is -2.79. The number of aliphatic hydroxyl groups is 1. The van der Waals surface area contributed by atoms with Gasteiger partial charge in [-0.15, -0.1) is 0 Å². The molecule has 0 spiro atoms. The number of hydrogen-bond donors (Lipinski definition) is 1. The Labute approximate surface area is 214 Å². The van der Waals surface area contributed by atoms with Gasteiger partial charge in [0.1, 0.15) is 17.4 Å². The van der Waals surface area contributed by atoms with Crippen LogP contribution in [0.15, 0.2) is 46.9 Å². The zero-order valence-corrected chi connectivity index (χ0v) is 22.3. The molecule has 36 heavy (non-hydrogen) atoms. The molecule has 1 N–H and O–H groups in total. The average Bonchev–Trinajstić information content (AvgIpc) is 3.28. The van der Waals surface area contributed by atoms with E-state index in [-0.39, 0.29) is 17.3 Å². The molecule has 1 fully saturated rings. The van der Waals surface area contributed by atoms with Crippen LogP contribution in [0.5, 0.6) is 5.75 Å². The Morgan fingerprint density at radius 2 is 1.97 bits per heavy atom. The highest BCUT2D eigenvalue weighted by atomic mass is 16.5. The highest BCUT2D eigenvalue weighted by Crippen LogP contribution is 2.38. The zero-order chi connectivity index (χ0) is 25.9. The van der Waals surface area contributed by atoms with Gasteiger partial charge in [0, 0.05) is 5.39 Å². The van der Waals surface area contributed by atoms with Crippen molar-refractivity contribution in [2.75, 3.05) is 6.61 Å². The summed E-state index contributed by atoms with van der Waals surface area (Å²) in [4.78, 5) is 12.0. The van der Waals surface area contributed by atoms with Gasteiger partial charge in [0.25, 0.3) is 0 Å². The van der Waals surface area contributed by atoms with Crippen molar-refractivity contribution in [3.63, 3.8) is 0 Å². The summed E-state index contributed by atoms with van der Waals surface area (Å²) in [5.41, 5.74) is 4.26. The number of fused-ring (bicyclic) bond motifs is 1. The van der Waals surface area contributed by atoms with Crippen molar-refractivity contribution in [2.45, 2.75) is 91.3 Å². The highest BCUT2D eigenvalue weighted by Gasteiger charge is 2.39. The minimum absolute atomic E-state index is 0.107. The predicted molar refractivity (Wildman–Crippen MR) is 143 cm³/mol. The summed E-state index contributed by atoms with van der Waals surface area (Å²) in [5.74, 6) is 1.13. The Balaban J connectivity index is 1.41. The maximum atomic E-state index is 12.0. The van der Waals surface area contributed by atoms with Gasteiger partial charge in [-0.05, 0) is 105 Å². The summed E-state index contributed by atoms with van der Waals surface area (Å²) < 4.78 is 17.0. The largest absolute Gasteiger partial charge is 0.487 e. The molecule has 1 saturated carbocycles. The molecule has 1 aliphatic carbocycles. The van der Waals surface area contributed by atoms with Crippen LogP contribution in [0.25, 0.3) is 11.0 Å². The third-order valence-electron chi connectivity index (χ3n) is 7.74. The molecule has 0 saturated heterocycles. The Bertz CT molecular complexity index is 1190. The quantitative estimate of drug-likeness (QED) is 0.316. The highest BCUT2D eigenvalue weighted by molar-refractivity contribution is 5.92. The van der Waals surface area contributed by atoms with E-state index in [2.05, 4.69) is 58.0 Å². The second-order valence-corrected chi connectivity index (χ2v) is 10.9. The van der Waals surface area contributed by atoms with E-state index in [1.54, 1.807) is 13.0 Å². The Kier molecular flexibility index (Phi) is 8.09. The monoisotopic (exact) mass is 492 g/mol. The molecule has 3 unspecified atom stereocenters. The molecule has 194 valence electrons. The molecule has 1 aliphatic rings. The first kappa shape index (κ1) is 26.3. The normalized spacial score (nSPS) is 20.3. The van der Waals surface area contributed by atoms with Crippen molar-refractivity contribution >= 4 is 16.9 Å². The molecule has 0 aliphatic heterocycles. The number of rotatable bonds is 9. The first-order valence-corrected chi connectivity index (χ1v) is 13.4. The van der Waals surface area contributed by atoms with Gasteiger partial charge >= 0.3 is 5.97 Å². The van der Waals surface area contributed by atoms with Gasteiger partial charge < -0.3 is 19.0 Å². The number of ether oxygens (including phenoxy) is 2. The first-order chi connectivity index (χ1) is 17.2. The molecule has 0 radical (unpaired) electrons. The van der Waals surface area contributed by atoms with E-state index in [0.717, 1.165) is 55.2 Å². The van der Waals surface area contributed by atoms with Gasteiger partial charge in [-0.25, -0.2) is 4.79 Å². The SMILES string of the molecule is CCOC(=O)c1cc2cc(CCC(CC)c3ccc(OC4CCCC(C)(C)C4O)c(C)c3)ccc2o1. The van der Waals surface area contributed by atoms with Gasteiger partial charge in [0.15, 0.2) is 0 Å². The van der Waals surface area contributed by atoms with Crippen LogP contribution in [0.2, 0.25) is 0 Å². The van der Waals surface area contributed by atoms with Crippen molar-refractivity contribution in [1.82, 2.24) is 0 Å². The third kappa shape index (κ3) is 5.78. The zero-order valence-electron chi connectivity index (χ0n) is 22.3. The van der Waals surface area contributed by atoms with Crippen LogP contribution >= 0.6 is 0 Å². The molecule has 1 heterocycles. The summed E-state index contributed by atoms with van der Waals surface area (Å²) in [6.45, 7) is 10.7. The standard InChI is InChI=1S/C31H40O5/c1-6-22(12-10-21-11-14-26-24(18-21)19-28(36-26)30(33)34-7-2)23-13-15-25(20(3)17-23)35-27-9-8-16-31(4,5)29(27)32/h11,13-15,17-19,22,27,29,32H,6-10,12,16H2,1-5H3. The molecule has 3 atom stereocenters. The number of hydrogen-bond acceptors (Lipinski definition) is 5. The Morgan fingerprint density at radius 3 is 2.69 bits per heavy atom. The number of esters is 1. The van der Waals surface area contributed by atoms with E-state index in [1.165, 1.54) is 11.1 Å². The van der Waals surface area contributed by atoms with Crippen molar-refractivity contribution < 1.29 is 23.8 Å². The van der Waals surface area contributed by atoms with Gasteiger partial charge in [0.2, 0.25) is 5.76 Å². The molecule has 0 amide bonds. The van der Waals surface area contributed by atoms with Gasteiger partial charge in [0.05, 0.1) is 12.7 Å². The van der Waals surface area contributed by atoms with Crippen LogP contribution < -0.4 is 4.74 Å². The number of carbonyl (C=O) groups is 1. The van der Waals surface area contributed by atoms with Crippen LogP contribution in [0, 0.1) is 12.3 Å². The van der Waals surface area contributed by atoms with Crippen molar-refractivity contribution in [1.29, 1.82) is 0 Å². The average molecular weight is 493 g/mol. The second-order valence-electron chi connectivity index (χ2n) is 10.9. The molecule has 5 nitrogen and oxygen atoms in total. The van der Waals surface area contributed by atoms with Gasteiger partial charge in [-0.1, -0.05) is 39.0 Å². The van der Waals surface area contributed by atoms with Crippen LogP contribution in [-0.2, 0) is 11.2 Å². The molecule has 4 rings (SSSR count). The second kappa shape index (κ2) is 11.1. The van der Waals surface area contributed by atoms with Crippen LogP contribution in [0.1, 0.15) is 93.0 Å². The van der Waals surface area contributed by atoms with Crippen LogP contribution in [-0.4, -0.2) is 29.9 Å². The third-order valence-corrected chi connectivity index (χ3v) is 7.74. The molecule has 3 aromatic rings. The number of aryl methyl sites for hydroxylation is 2. The molecule has 2 aromatic carbocycles. The van der Waals surface area contributed by atoms with Crippen molar-refractivity contribution in [3.8, 4) is 5.75 Å².